The van der Waals surface area contributed by atoms with Gasteiger partial charge in [0.2, 0.25) is 5.16 Å². The highest BCUT2D eigenvalue weighted by molar-refractivity contribution is 7.91. The number of rotatable bonds is 15. The number of hydrogen-bond acceptors (Lipinski definition) is 10. The number of hydrogen-bond donors (Lipinski definition) is 2. The van der Waals surface area contributed by atoms with Crippen molar-refractivity contribution in [3.8, 4) is 23.5 Å². The lowest BCUT2D eigenvalue weighted by Crippen LogP contribution is -2.34. The normalized spacial score (nSPS) is 19.7. The average molecular weight is 666 g/mol. The van der Waals surface area contributed by atoms with Crippen LogP contribution in [0, 0.1) is 23.7 Å². The Morgan fingerprint density at radius 3 is 2.74 bits per heavy atom. The fourth-order valence-corrected chi connectivity index (χ4v) is 7.42. The van der Waals surface area contributed by atoms with E-state index in [1.807, 2.05) is 32.1 Å². The molecule has 1 fully saturated rings. The van der Waals surface area contributed by atoms with Crippen molar-refractivity contribution in [3.05, 3.63) is 71.8 Å². The SMILES string of the molecule is CC#CCC(C)[C@@H](O)/C=C/[C@@H]1CC[C@H]2Oc3c(CCCC(=O)OCCCOc4no[n+](O)c4S(=O)(=O)c4ccccc4)cccc3[C@@H]12. The maximum absolute atomic E-state index is 12.9. The molecule has 0 amide bonds. The molecule has 0 radical (unpaired) electrons. The number of carbonyl (C=O) groups excluding carboxylic acids is 1. The number of benzene rings is 2. The maximum atomic E-state index is 12.9. The van der Waals surface area contributed by atoms with Crippen molar-refractivity contribution in [3.63, 3.8) is 0 Å². The first-order valence-electron chi connectivity index (χ1n) is 15.9. The summed E-state index contributed by atoms with van der Waals surface area (Å²) in [5, 5.41) is 23.3. The van der Waals surface area contributed by atoms with Gasteiger partial charge in [0.25, 0.3) is 9.84 Å². The molecule has 1 unspecified atom stereocenters. The smallest absolute Gasteiger partial charge is 0.445 e. The number of esters is 1. The molecule has 2 aliphatic rings. The number of fused-ring (bicyclic) bond motifs is 3. The molecular weight excluding hydrogens is 624 g/mol. The summed E-state index contributed by atoms with van der Waals surface area (Å²) in [6.45, 7) is 3.86. The van der Waals surface area contributed by atoms with E-state index in [1.54, 1.807) is 18.2 Å². The first-order chi connectivity index (χ1) is 22.7. The Morgan fingerprint density at radius 1 is 1.15 bits per heavy atom. The van der Waals surface area contributed by atoms with Crippen molar-refractivity contribution in [1.29, 1.82) is 0 Å². The molecule has 2 aromatic carbocycles. The number of aliphatic hydroxyl groups excluding tert-OH is 1. The summed E-state index contributed by atoms with van der Waals surface area (Å²) in [5.74, 6) is 6.73. The zero-order chi connectivity index (χ0) is 33.4. The van der Waals surface area contributed by atoms with Crippen LogP contribution in [0.1, 0.15) is 69.4 Å². The molecule has 12 heteroatoms. The van der Waals surface area contributed by atoms with E-state index in [0.717, 1.165) is 24.2 Å². The van der Waals surface area contributed by atoms with Gasteiger partial charge in [-0.05, 0) is 66.8 Å². The lowest BCUT2D eigenvalue weighted by atomic mass is 9.86. The third-order valence-corrected chi connectivity index (χ3v) is 10.4. The summed E-state index contributed by atoms with van der Waals surface area (Å²) in [4.78, 5) is 12.4. The van der Waals surface area contributed by atoms with Crippen LogP contribution in [0.5, 0.6) is 11.6 Å². The molecule has 2 heterocycles. The first-order valence-corrected chi connectivity index (χ1v) is 17.4. The quantitative estimate of drug-likeness (QED) is 0.0776. The van der Waals surface area contributed by atoms with Crippen LogP contribution in [0.3, 0.4) is 0 Å². The van der Waals surface area contributed by atoms with Crippen molar-refractivity contribution < 1.29 is 47.3 Å². The third-order valence-electron chi connectivity index (χ3n) is 8.62. The minimum Gasteiger partial charge on any atom is -0.489 e. The van der Waals surface area contributed by atoms with Gasteiger partial charge in [0, 0.05) is 30.7 Å². The summed E-state index contributed by atoms with van der Waals surface area (Å²) in [5.41, 5.74) is 2.27. The Balaban J connectivity index is 1.06. The Kier molecular flexibility index (Phi) is 11.2. The standard InChI is InChI=1S/C35H41N2O9S/c1-3-4-11-24(2)29(38)20-18-25-19-21-30-32(25)28-16-8-12-26(33(28)45-30)13-9-17-31(39)43-22-10-23-44-34-35(37(40)46-36-34)47(41,42)27-14-6-5-7-15-27/h5-8,12,14-16,18,20,24-25,29-30,32,38,40H,9-11,13,17,19,21-23H2,1-2H3/q+1/b20-18+/t24?,25-,29+,30-,32-/m1/s1. The first kappa shape index (κ1) is 34.0. The second-order valence-corrected chi connectivity index (χ2v) is 13.8. The zero-order valence-electron chi connectivity index (χ0n) is 26.6. The predicted molar refractivity (Wildman–Crippen MR) is 168 cm³/mol. The molecule has 47 heavy (non-hydrogen) atoms. The van der Waals surface area contributed by atoms with E-state index < -0.39 is 26.8 Å². The average Bonchev–Trinajstić information content (AvgIpc) is 3.76. The van der Waals surface area contributed by atoms with E-state index in [4.69, 9.17) is 14.2 Å². The predicted octanol–water partition coefficient (Wildman–Crippen LogP) is 4.59. The van der Waals surface area contributed by atoms with Gasteiger partial charge in [-0.15, -0.1) is 11.8 Å². The van der Waals surface area contributed by atoms with E-state index in [2.05, 4.69) is 33.8 Å². The van der Waals surface area contributed by atoms with Crippen LogP contribution in [-0.2, 0) is 25.8 Å². The van der Waals surface area contributed by atoms with E-state index in [0.29, 0.717) is 25.2 Å². The number of aliphatic hydroxyl groups is 1. The summed E-state index contributed by atoms with van der Waals surface area (Å²) < 4.78 is 47.6. The number of aromatic nitrogens is 2. The monoisotopic (exact) mass is 665 g/mol. The van der Waals surface area contributed by atoms with E-state index in [-0.39, 0.29) is 59.8 Å². The van der Waals surface area contributed by atoms with Gasteiger partial charge in [0.05, 0.1) is 24.2 Å². The van der Waals surface area contributed by atoms with Gasteiger partial charge in [-0.1, -0.05) is 55.5 Å². The lowest BCUT2D eigenvalue weighted by molar-refractivity contribution is -1.06. The number of aryl methyl sites for hydroxylation is 1. The van der Waals surface area contributed by atoms with Gasteiger partial charge in [-0.3, -0.25) is 4.79 Å². The van der Waals surface area contributed by atoms with Crippen LogP contribution in [0.2, 0.25) is 0 Å². The molecule has 5 rings (SSSR count). The highest BCUT2D eigenvalue weighted by Gasteiger charge is 2.44. The number of allylic oxidation sites excluding steroid dienone is 1. The van der Waals surface area contributed by atoms with Gasteiger partial charge in [-0.2, -0.15) is 0 Å². The second-order valence-electron chi connectivity index (χ2n) is 11.9. The lowest BCUT2D eigenvalue weighted by Gasteiger charge is -2.17. The molecule has 0 spiro atoms. The van der Waals surface area contributed by atoms with Crippen molar-refractivity contribution in [2.75, 3.05) is 13.2 Å². The Morgan fingerprint density at radius 2 is 1.96 bits per heavy atom. The third kappa shape index (κ3) is 7.97. The number of sulfone groups is 1. The summed E-state index contributed by atoms with van der Waals surface area (Å²) in [6, 6.07) is 13.7. The van der Waals surface area contributed by atoms with Crippen LogP contribution in [0.15, 0.2) is 75.2 Å². The summed E-state index contributed by atoms with van der Waals surface area (Å²) >= 11 is 0. The van der Waals surface area contributed by atoms with E-state index in [1.165, 1.54) is 17.7 Å². The number of carbonyl (C=O) groups is 1. The molecule has 250 valence electrons. The van der Waals surface area contributed by atoms with E-state index in [9.17, 15) is 23.5 Å². The molecule has 1 aromatic heterocycles. The molecule has 1 aliphatic heterocycles. The van der Waals surface area contributed by atoms with Gasteiger partial charge in [0.1, 0.15) is 11.9 Å². The van der Waals surface area contributed by atoms with Crippen molar-refractivity contribution in [2.24, 2.45) is 11.8 Å². The second kappa shape index (κ2) is 15.5. The highest BCUT2D eigenvalue weighted by atomic mass is 32.2. The minimum atomic E-state index is -4.15. The Hall–Kier alpha value is -4.34. The van der Waals surface area contributed by atoms with Crippen LogP contribution >= 0.6 is 0 Å². The van der Waals surface area contributed by atoms with Gasteiger partial charge >= 0.3 is 16.9 Å². The van der Waals surface area contributed by atoms with Crippen LogP contribution < -0.4 is 14.4 Å². The molecule has 3 aromatic rings. The topological polar surface area (TPSA) is 149 Å². The molecular formula is C35H41N2O9S+. The number of para-hydroxylation sites is 1. The highest BCUT2D eigenvalue weighted by Crippen LogP contribution is 2.52. The van der Waals surface area contributed by atoms with Crippen LogP contribution in [0.25, 0.3) is 0 Å². The van der Waals surface area contributed by atoms with Gasteiger partial charge in [-0.25, -0.2) is 8.42 Å². The maximum Gasteiger partial charge on any atom is 0.445 e. The molecule has 0 saturated heterocycles. The van der Waals surface area contributed by atoms with Crippen LogP contribution in [0.4, 0.5) is 0 Å². The van der Waals surface area contributed by atoms with Crippen molar-refractivity contribution >= 4 is 15.8 Å². The van der Waals surface area contributed by atoms with E-state index >= 15 is 0 Å². The Bertz CT molecular complexity index is 1730. The minimum absolute atomic E-state index is 0.0192. The Labute approximate surface area is 275 Å². The molecule has 1 saturated carbocycles. The fourth-order valence-electron chi connectivity index (χ4n) is 6.12. The van der Waals surface area contributed by atoms with Gasteiger partial charge < -0.3 is 24.5 Å². The molecule has 0 bridgehead atoms. The zero-order valence-corrected chi connectivity index (χ0v) is 27.4. The van der Waals surface area contributed by atoms with Crippen molar-refractivity contribution in [2.45, 2.75) is 86.8 Å². The number of nitrogens with zero attached hydrogens (tertiary/aromatic N) is 2. The molecule has 1 aliphatic carbocycles. The van der Waals surface area contributed by atoms with Crippen molar-refractivity contribution in [1.82, 2.24) is 5.16 Å². The molecule has 11 nitrogen and oxygen atoms in total. The van der Waals surface area contributed by atoms with Crippen LogP contribution in [-0.4, -0.2) is 55.3 Å². The molecule has 2 N–H and O–H groups in total. The van der Waals surface area contributed by atoms with Gasteiger partial charge in [0.15, 0.2) is 4.90 Å². The fraction of sp³-hybridized carbons (Fsp3) is 0.457. The molecule has 5 atom stereocenters. The largest absolute Gasteiger partial charge is 0.489 e. The number of ether oxygens (including phenoxy) is 3. The summed E-state index contributed by atoms with van der Waals surface area (Å²) in [7, 11) is -4.15. The summed E-state index contributed by atoms with van der Waals surface area (Å²) in [6.07, 6.45) is 8.04.